The van der Waals surface area contributed by atoms with Gasteiger partial charge in [-0.2, -0.15) is 0 Å². The molecule has 4 heterocycles. The molecule has 2 saturated heterocycles. The van der Waals surface area contributed by atoms with E-state index >= 15 is 4.11 Å². The van der Waals surface area contributed by atoms with Crippen LogP contribution in [0, 0.1) is 5.92 Å². The largest absolute Gasteiger partial charge is 0.396 e. The van der Waals surface area contributed by atoms with Crippen molar-refractivity contribution in [2.24, 2.45) is 5.92 Å². The van der Waals surface area contributed by atoms with E-state index in [4.69, 9.17) is 4.74 Å². The first kappa shape index (κ1) is 30.6. The molecule has 3 aliphatic rings. The van der Waals surface area contributed by atoms with Crippen molar-refractivity contribution in [2.45, 2.75) is 82.1 Å². The monoisotopic (exact) mass is 620 g/mol. The molecule has 44 heavy (non-hydrogen) atoms. The van der Waals surface area contributed by atoms with Gasteiger partial charge in [-0.05, 0) is 62.7 Å². The fraction of sp³-hybridized carbons (Fsp3) is 0.500. The predicted octanol–water partition coefficient (Wildman–Crippen LogP) is 3.92. The van der Waals surface area contributed by atoms with Crippen LogP contribution in [0.15, 0.2) is 54.7 Å². The van der Waals surface area contributed by atoms with Gasteiger partial charge >= 0.3 is 0 Å². The quantitative estimate of drug-likeness (QED) is 0.232. The maximum absolute atomic E-state index is 16.1. The van der Waals surface area contributed by atoms with Gasteiger partial charge in [0.25, 0.3) is 5.91 Å². The number of halogens is 1. The summed E-state index contributed by atoms with van der Waals surface area (Å²) in [5.41, 5.74) is 2.18. The number of benzene rings is 2. The molecule has 2 aromatic carbocycles. The summed E-state index contributed by atoms with van der Waals surface area (Å²) in [5, 5.41) is 23.7. The van der Waals surface area contributed by atoms with Crippen molar-refractivity contribution in [1.29, 1.82) is 0 Å². The first-order valence-electron chi connectivity index (χ1n) is 15.5. The van der Waals surface area contributed by atoms with Crippen molar-refractivity contribution in [3.8, 4) is 0 Å². The zero-order chi connectivity index (χ0) is 31.1. The molecule has 0 bridgehead atoms. The lowest BCUT2D eigenvalue weighted by Gasteiger charge is -2.31. The Balaban J connectivity index is 1.23. The minimum Gasteiger partial charge on any atom is -0.396 e. The van der Waals surface area contributed by atoms with Gasteiger partial charge in [-0.1, -0.05) is 42.5 Å². The van der Waals surface area contributed by atoms with E-state index in [2.05, 4.69) is 20.9 Å². The number of fused-ring (bicyclic) bond motifs is 2. The molecule has 6 rings (SSSR count). The fourth-order valence-corrected chi connectivity index (χ4v) is 9.92. The lowest BCUT2D eigenvalue weighted by atomic mass is 9.82. The number of anilines is 2. The highest BCUT2D eigenvalue weighted by Gasteiger charge is 2.66. The second-order valence-corrected chi connectivity index (χ2v) is 16.5. The van der Waals surface area contributed by atoms with Crippen LogP contribution in [0.2, 0.25) is 18.6 Å². The van der Waals surface area contributed by atoms with Crippen molar-refractivity contribution in [1.82, 2.24) is 20.3 Å². The summed E-state index contributed by atoms with van der Waals surface area (Å²) >= 11 is 0. The molecule has 5 atom stereocenters. The first-order chi connectivity index (χ1) is 21.1. The first-order valence-corrected chi connectivity index (χ1v) is 18.5. The van der Waals surface area contributed by atoms with Gasteiger partial charge in [-0.3, -0.25) is 14.3 Å². The van der Waals surface area contributed by atoms with Gasteiger partial charge in [0.05, 0.1) is 30.1 Å². The smallest absolute Gasteiger partial charge is 0.264 e. The average molecular weight is 621 g/mol. The van der Waals surface area contributed by atoms with Crippen LogP contribution in [0.4, 0.5) is 15.5 Å². The topological polar surface area (TPSA) is 122 Å². The zero-order valence-corrected chi connectivity index (χ0v) is 26.5. The van der Waals surface area contributed by atoms with E-state index in [0.29, 0.717) is 37.3 Å². The number of aliphatic hydroxyl groups is 1. The molecule has 1 aromatic heterocycles. The molecule has 2 fully saturated rings. The third-order valence-electron chi connectivity index (χ3n) is 9.40. The molecule has 1 spiro atoms. The number of para-hydroxylation sites is 1. The minimum atomic E-state index is -3.28. The summed E-state index contributed by atoms with van der Waals surface area (Å²) in [6.45, 7) is 6.99. The van der Waals surface area contributed by atoms with Gasteiger partial charge < -0.3 is 29.5 Å². The molecule has 2 amide bonds. The Morgan fingerprint density at radius 3 is 2.70 bits per heavy atom. The number of aliphatic hydroxyl groups excluding tert-OH is 1. The summed E-state index contributed by atoms with van der Waals surface area (Å²) in [6.07, 6.45) is 4.04. The van der Waals surface area contributed by atoms with E-state index in [-0.39, 0.29) is 30.4 Å². The number of carbonyl (C=O) groups excluding carboxylic acids is 2. The van der Waals surface area contributed by atoms with E-state index < -0.39 is 25.7 Å². The molecule has 12 heteroatoms. The molecule has 0 aliphatic carbocycles. The number of nitrogens with zero attached hydrogens (tertiary/aromatic N) is 4. The maximum Gasteiger partial charge on any atom is 0.264 e. The Kier molecular flexibility index (Phi) is 8.44. The number of rotatable bonds is 10. The van der Waals surface area contributed by atoms with Crippen LogP contribution in [0.25, 0.3) is 0 Å². The maximum atomic E-state index is 16.1. The normalized spacial score (nSPS) is 26.5. The number of amides is 2. The Morgan fingerprint density at radius 2 is 2.00 bits per heavy atom. The van der Waals surface area contributed by atoms with Crippen molar-refractivity contribution >= 4 is 31.6 Å². The predicted molar refractivity (Wildman–Crippen MR) is 167 cm³/mol. The summed E-state index contributed by atoms with van der Waals surface area (Å²) < 4.78 is 24.6. The highest BCUT2D eigenvalue weighted by atomic mass is 28.4. The number of carbonyl (C=O) groups is 2. The van der Waals surface area contributed by atoms with Crippen LogP contribution in [-0.2, 0) is 39.4 Å². The fourth-order valence-electron chi connectivity index (χ4n) is 7.38. The second kappa shape index (κ2) is 12.1. The van der Waals surface area contributed by atoms with E-state index in [1.54, 1.807) is 28.9 Å². The van der Waals surface area contributed by atoms with E-state index in [9.17, 15) is 14.7 Å². The molecule has 0 saturated carbocycles. The number of hydrogen-bond donors (Lipinski definition) is 3. The molecule has 3 aromatic rings. The van der Waals surface area contributed by atoms with Gasteiger partial charge in [0.15, 0.2) is 5.60 Å². The highest BCUT2D eigenvalue weighted by Crippen LogP contribution is 2.60. The van der Waals surface area contributed by atoms with Crippen LogP contribution in [-0.4, -0.2) is 65.6 Å². The van der Waals surface area contributed by atoms with Crippen LogP contribution in [0.5, 0.6) is 0 Å². The summed E-state index contributed by atoms with van der Waals surface area (Å²) in [7, 11) is -3.28. The number of aromatic nitrogens is 3. The third-order valence-corrected chi connectivity index (χ3v) is 11.9. The van der Waals surface area contributed by atoms with Crippen LogP contribution in [0.3, 0.4) is 0 Å². The van der Waals surface area contributed by atoms with Crippen molar-refractivity contribution < 1.29 is 23.5 Å². The highest BCUT2D eigenvalue weighted by molar-refractivity contribution is 6.72. The van der Waals surface area contributed by atoms with Crippen molar-refractivity contribution in [3.63, 3.8) is 0 Å². The Bertz CT molecular complexity index is 1500. The van der Waals surface area contributed by atoms with E-state index in [1.165, 1.54) is 0 Å². The van der Waals surface area contributed by atoms with Crippen molar-refractivity contribution in [2.75, 3.05) is 23.4 Å². The summed E-state index contributed by atoms with van der Waals surface area (Å²) in [5.74, 6) is -0.584. The van der Waals surface area contributed by atoms with Gasteiger partial charge in [-0.15, -0.1) is 5.10 Å². The van der Waals surface area contributed by atoms with Gasteiger partial charge in [-0.25, -0.2) is 0 Å². The Hall–Kier alpha value is -3.45. The number of hydrogen-bond acceptors (Lipinski definition) is 7. The summed E-state index contributed by atoms with van der Waals surface area (Å²) in [6, 6.07) is 15.1. The molecule has 0 radical (unpaired) electrons. The number of ether oxygens (including phenoxy) is 1. The van der Waals surface area contributed by atoms with Gasteiger partial charge in [0.1, 0.15) is 0 Å². The van der Waals surface area contributed by atoms with E-state index in [0.717, 1.165) is 36.2 Å². The van der Waals surface area contributed by atoms with Crippen LogP contribution >= 0.6 is 0 Å². The van der Waals surface area contributed by atoms with Crippen LogP contribution in [0.1, 0.15) is 43.0 Å². The lowest BCUT2D eigenvalue weighted by Crippen LogP contribution is -2.45. The zero-order valence-electron chi connectivity index (χ0n) is 25.5. The Morgan fingerprint density at radius 1 is 1.23 bits per heavy atom. The SMILES string of the molecule is C[C@H]1[C@H]([Si](C)(C)F)[C@@H](CCn2cc(CCO)nn2)O[C@]12C(=O)N(Cc1ccc(NC(=O)[C@H]3CCCN3)cc1)c1ccccc12. The summed E-state index contributed by atoms with van der Waals surface area (Å²) in [4.78, 5) is 28.8. The van der Waals surface area contributed by atoms with Gasteiger partial charge in [0, 0.05) is 48.5 Å². The second-order valence-electron chi connectivity index (χ2n) is 12.7. The Labute approximate surface area is 258 Å². The molecular formula is C32H41FN6O4Si. The number of nitrogens with one attached hydrogen (secondary N) is 2. The molecule has 3 aliphatic heterocycles. The molecule has 234 valence electrons. The van der Waals surface area contributed by atoms with E-state index in [1.807, 2.05) is 55.5 Å². The third kappa shape index (κ3) is 5.60. The van der Waals surface area contributed by atoms with Crippen molar-refractivity contribution in [3.05, 3.63) is 71.5 Å². The minimum absolute atomic E-state index is 0.00889. The lowest BCUT2D eigenvalue weighted by molar-refractivity contribution is -0.146. The molecule has 10 nitrogen and oxygen atoms in total. The standard InChI is InChI=1S/C32H41FN6O4Si/c1-21-29(44(2,3)33)28(14-17-38-20-24(15-18-40)36-37-38)43-32(21)25-7-4-5-9-27(25)39(31(32)42)19-22-10-12-23(13-11-22)35-30(41)26-8-6-16-34-26/h4-5,7,9-13,20-21,26,28-29,34,40H,6,8,14-19H2,1-3H3,(H,35,41)/t21-,26+,28+,29-,32+/m0/s1. The van der Waals surface area contributed by atoms with Crippen LogP contribution < -0.4 is 15.5 Å². The number of aryl methyl sites for hydroxylation is 1. The average Bonchev–Trinajstić information content (AvgIpc) is 3.78. The molecule has 0 unspecified atom stereocenters. The molecule has 3 N–H and O–H groups in total. The molecular weight excluding hydrogens is 579 g/mol. The van der Waals surface area contributed by atoms with Gasteiger partial charge in [0.2, 0.25) is 14.3 Å².